The Labute approximate surface area is 101 Å². The highest BCUT2D eigenvalue weighted by Gasteiger charge is 2.02. The second-order valence-electron chi connectivity index (χ2n) is 4.45. The van der Waals surface area contributed by atoms with Gasteiger partial charge >= 0.3 is 0 Å². The molecule has 0 amide bonds. The molecule has 0 aliphatic heterocycles. The van der Waals surface area contributed by atoms with Crippen molar-refractivity contribution in [1.29, 1.82) is 0 Å². The van der Waals surface area contributed by atoms with Gasteiger partial charge in [0.2, 0.25) is 0 Å². The molecule has 0 spiro atoms. The Morgan fingerprint density at radius 2 is 1.59 bits per heavy atom. The molecule has 0 saturated carbocycles. The predicted molar refractivity (Wildman–Crippen MR) is 69.5 cm³/mol. The third kappa shape index (κ3) is 2.64. The molecule has 0 bridgehead atoms. The lowest BCUT2D eigenvalue weighted by Gasteiger charge is -2.06. The molecule has 2 heteroatoms. The molecule has 1 nitrogen and oxygen atoms in total. The number of benzene rings is 2. The topological polar surface area (TPSA) is 26.0 Å². The van der Waals surface area contributed by atoms with E-state index in [2.05, 4.69) is 6.07 Å². The molecule has 2 aromatic rings. The van der Waals surface area contributed by atoms with Gasteiger partial charge in [-0.1, -0.05) is 24.3 Å². The molecule has 0 radical (unpaired) electrons. The molecule has 2 N–H and O–H groups in total. The second-order valence-corrected chi connectivity index (χ2v) is 4.45. The van der Waals surface area contributed by atoms with E-state index in [1.807, 2.05) is 31.2 Å². The van der Waals surface area contributed by atoms with Crippen LogP contribution in [0, 0.1) is 19.7 Å². The summed E-state index contributed by atoms with van der Waals surface area (Å²) in [5.74, 6) is -0.155. The third-order valence-electron chi connectivity index (χ3n) is 2.97. The fourth-order valence-electron chi connectivity index (χ4n) is 1.85. The van der Waals surface area contributed by atoms with Crippen LogP contribution in [-0.4, -0.2) is 0 Å². The largest absolute Gasteiger partial charge is 0.399 e. The van der Waals surface area contributed by atoms with Crippen molar-refractivity contribution in [2.45, 2.75) is 20.3 Å². The van der Waals surface area contributed by atoms with E-state index in [-0.39, 0.29) is 5.82 Å². The van der Waals surface area contributed by atoms with Crippen molar-refractivity contribution >= 4 is 5.69 Å². The molecule has 0 heterocycles. The van der Waals surface area contributed by atoms with Crippen LogP contribution in [0.4, 0.5) is 10.1 Å². The second kappa shape index (κ2) is 4.58. The summed E-state index contributed by atoms with van der Waals surface area (Å²) in [7, 11) is 0. The first-order valence-electron chi connectivity index (χ1n) is 5.66. The van der Waals surface area contributed by atoms with Crippen LogP contribution in [0.25, 0.3) is 0 Å². The fourth-order valence-corrected chi connectivity index (χ4v) is 1.85. The first kappa shape index (κ1) is 11.6. The molecule has 0 unspecified atom stereocenters. The molecule has 2 aromatic carbocycles. The molecule has 2 rings (SSSR count). The van der Waals surface area contributed by atoms with E-state index in [0.29, 0.717) is 5.56 Å². The Hall–Kier alpha value is -1.83. The van der Waals surface area contributed by atoms with Crippen molar-refractivity contribution in [2.75, 3.05) is 5.73 Å². The maximum atomic E-state index is 13.1. The number of hydrogen-bond donors (Lipinski definition) is 1. The normalized spacial score (nSPS) is 10.5. The van der Waals surface area contributed by atoms with Crippen LogP contribution in [0.2, 0.25) is 0 Å². The Balaban J connectivity index is 2.25. The summed E-state index contributed by atoms with van der Waals surface area (Å²) in [4.78, 5) is 0. The molecule has 0 fully saturated rings. The van der Waals surface area contributed by atoms with E-state index in [0.717, 1.165) is 28.8 Å². The highest BCUT2D eigenvalue weighted by Crippen LogP contribution is 2.17. The molecular weight excluding hydrogens is 213 g/mol. The highest BCUT2D eigenvalue weighted by molar-refractivity contribution is 5.49. The Kier molecular flexibility index (Phi) is 3.14. The van der Waals surface area contributed by atoms with Crippen LogP contribution in [-0.2, 0) is 6.42 Å². The van der Waals surface area contributed by atoms with Gasteiger partial charge in [-0.05, 0) is 54.7 Å². The molecule has 88 valence electrons. The smallest absolute Gasteiger partial charge is 0.126 e. The monoisotopic (exact) mass is 229 g/mol. The van der Waals surface area contributed by atoms with Crippen molar-refractivity contribution in [3.63, 3.8) is 0 Å². The first-order valence-corrected chi connectivity index (χ1v) is 5.66. The van der Waals surface area contributed by atoms with Crippen LogP contribution < -0.4 is 5.73 Å². The van der Waals surface area contributed by atoms with Crippen molar-refractivity contribution < 1.29 is 4.39 Å². The van der Waals surface area contributed by atoms with Gasteiger partial charge in [-0.25, -0.2) is 4.39 Å². The lowest BCUT2D eigenvalue weighted by atomic mass is 10.0. The Bertz CT molecular complexity index is 497. The van der Waals surface area contributed by atoms with E-state index >= 15 is 0 Å². The first-order chi connectivity index (χ1) is 8.06. The Morgan fingerprint density at radius 1 is 0.941 bits per heavy atom. The lowest BCUT2D eigenvalue weighted by Crippen LogP contribution is -1.94. The molecular formula is C15H16FN. The average Bonchev–Trinajstić information content (AvgIpc) is 2.29. The fraction of sp³-hybridized carbons (Fsp3) is 0.200. The molecule has 0 aliphatic carbocycles. The minimum Gasteiger partial charge on any atom is -0.399 e. The van der Waals surface area contributed by atoms with Gasteiger partial charge in [0.05, 0.1) is 0 Å². The maximum Gasteiger partial charge on any atom is 0.126 e. The van der Waals surface area contributed by atoms with Gasteiger partial charge in [-0.3, -0.25) is 0 Å². The van der Waals surface area contributed by atoms with E-state index in [4.69, 9.17) is 5.73 Å². The number of halogens is 1. The minimum atomic E-state index is -0.155. The van der Waals surface area contributed by atoms with Gasteiger partial charge in [0.15, 0.2) is 0 Å². The van der Waals surface area contributed by atoms with E-state index < -0.39 is 0 Å². The van der Waals surface area contributed by atoms with Crippen LogP contribution in [0.1, 0.15) is 22.3 Å². The van der Waals surface area contributed by atoms with Gasteiger partial charge in [-0.15, -0.1) is 0 Å². The highest BCUT2D eigenvalue weighted by atomic mass is 19.1. The summed E-state index contributed by atoms with van der Waals surface area (Å²) in [6.07, 6.45) is 0.783. The van der Waals surface area contributed by atoms with Gasteiger partial charge < -0.3 is 5.73 Å². The number of anilines is 1. The van der Waals surface area contributed by atoms with Crippen molar-refractivity contribution in [3.05, 3.63) is 64.5 Å². The maximum absolute atomic E-state index is 13.1. The standard InChI is InChI=1S/C15H16FN/c1-10-3-4-13(9-15(10)17)8-12-5-6-14(16)11(2)7-12/h3-7,9H,8,17H2,1-2H3. The zero-order valence-corrected chi connectivity index (χ0v) is 10.1. The van der Waals surface area contributed by atoms with E-state index in [1.165, 1.54) is 6.07 Å². The number of hydrogen-bond acceptors (Lipinski definition) is 1. The minimum absolute atomic E-state index is 0.155. The van der Waals surface area contributed by atoms with Crippen LogP contribution in [0.3, 0.4) is 0 Å². The zero-order valence-electron chi connectivity index (χ0n) is 10.1. The van der Waals surface area contributed by atoms with E-state index in [9.17, 15) is 4.39 Å². The lowest BCUT2D eigenvalue weighted by molar-refractivity contribution is 0.618. The van der Waals surface area contributed by atoms with Crippen molar-refractivity contribution in [2.24, 2.45) is 0 Å². The summed E-state index contributed by atoms with van der Waals surface area (Å²) in [5.41, 5.74) is 10.7. The summed E-state index contributed by atoms with van der Waals surface area (Å²) in [6.45, 7) is 3.77. The predicted octanol–water partition coefficient (Wildman–Crippen LogP) is 3.62. The van der Waals surface area contributed by atoms with Gasteiger partial charge in [0.25, 0.3) is 0 Å². The van der Waals surface area contributed by atoms with E-state index in [1.54, 1.807) is 6.92 Å². The quantitative estimate of drug-likeness (QED) is 0.782. The summed E-state index contributed by atoms with van der Waals surface area (Å²) in [6, 6.07) is 11.3. The number of rotatable bonds is 2. The van der Waals surface area contributed by atoms with Gasteiger partial charge in [0.1, 0.15) is 5.82 Å². The van der Waals surface area contributed by atoms with Gasteiger partial charge in [-0.2, -0.15) is 0 Å². The summed E-state index contributed by atoms with van der Waals surface area (Å²) in [5, 5.41) is 0. The van der Waals surface area contributed by atoms with Crippen molar-refractivity contribution in [3.8, 4) is 0 Å². The van der Waals surface area contributed by atoms with Crippen LogP contribution in [0.5, 0.6) is 0 Å². The third-order valence-corrected chi connectivity index (χ3v) is 2.97. The Morgan fingerprint density at radius 3 is 2.24 bits per heavy atom. The zero-order chi connectivity index (χ0) is 12.4. The number of nitrogen functional groups attached to an aromatic ring is 1. The summed E-state index contributed by atoms with van der Waals surface area (Å²) >= 11 is 0. The molecule has 0 saturated heterocycles. The average molecular weight is 229 g/mol. The number of aryl methyl sites for hydroxylation is 2. The van der Waals surface area contributed by atoms with Crippen LogP contribution >= 0.6 is 0 Å². The van der Waals surface area contributed by atoms with Crippen LogP contribution in [0.15, 0.2) is 36.4 Å². The molecule has 0 atom stereocenters. The SMILES string of the molecule is Cc1ccc(Cc2ccc(F)c(C)c2)cc1N. The molecule has 0 aromatic heterocycles. The molecule has 17 heavy (non-hydrogen) atoms. The summed E-state index contributed by atoms with van der Waals surface area (Å²) < 4.78 is 13.1. The molecule has 0 aliphatic rings. The van der Waals surface area contributed by atoms with Crippen molar-refractivity contribution in [1.82, 2.24) is 0 Å². The van der Waals surface area contributed by atoms with Gasteiger partial charge in [0, 0.05) is 5.69 Å². The number of nitrogens with two attached hydrogens (primary N) is 1.